The van der Waals surface area contributed by atoms with Crippen LogP contribution in [0.5, 0.6) is 5.75 Å². The van der Waals surface area contributed by atoms with E-state index in [0.717, 1.165) is 34.5 Å². The quantitative estimate of drug-likeness (QED) is 0.266. The number of carbonyl (C=O) groups excluding carboxylic acids is 2. The fraction of sp³-hybridized carbons (Fsp3) is 0.355. The van der Waals surface area contributed by atoms with Crippen LogP contribution in [0, 0.1) is 0 Å². The summed E-state index contributed by atoms with van der Waals surface area (Å²) in [5, 5.41) is 12.8. The average Bonchev–Trinajstić information content (AvgIpc) is 3.58. The van der Waals surface area contributed by atoms with Crippen LogP contribution in [0.15, 0.2) is 60.8 Å². The standard InChI is InChI=1S/C31H36N6O5/c1-31(2,3)42-30(39)36-17-15-23(19-36)34-27-26-25(33-22-10-8-21(9-11-22)29(38)41-5)14-16-32-28(26)37(35-27)18-20-6-12-24(40-4)13-7-20/h6-14,16,23H,15,17-19H2,1-5H3,(H,32,33)(H,34,35)/t23-/m1/s1. The van der Waals surface area contributed by atoms with Crippen LogP contribution in [0.3, 0.4) is 0 Å². The van der Waals surface area contributed by atoms with Gasteiger partial charge in [-0.15, -0.1) is 0 Å². The molecule has 0 radical (unpaired) electrons. The Kier molecular flexibility index (Phi) is 8.19. The average molecular weight is 573 g/mol. The van der Waals surface area contributed by atoms with Gasteiger partial charge in [0.2, 0.25) is 0 Å². The Morgan fingerprint density at radius 1 is 1.02 bits per heavy atom. The Hall–Kier alpha value is -4.80. The fourth-order valence-electron chi connectivity index (χ4n) is 4.84. The van der Waals surface area contributed by atoms with E-state index in [0.29, 0.717) is 36.7 Å². The van der Waals surface area contributed by atoms with Crippen LogP contribution < -0.4 is 15.4 Å². The third kappa shape index (κ3) is 6.56. The molecule has 1 fully saturated rings. The minimum absolute atomic E-state index is 0.0162. The van der Waals surface area contributed by atoms with Crippen LogP contribution in [0.2, 0.25) is 0 Å². The predicted molar refractivity (Wildman–Crippen MR) is 161 cm³/mol. The molecule has 4 aromatic rings. The van der Waals surface area contributed by atoms with Gasteiger partial charge in [0.15, 0.2) is 11.5 Å². The summed E-state index contributed by atoms with van der Waals surface area (Å²) in [5.74, 6) is 1.05. The highest BCUT2D eigenvalue weighted by Gasteiger charge is 2.31. The Bertz CT molecular complexity index is 1560. The SMILES string of the molecule is COC(=O)c1ccc(Nc2ccnc3c2c(N[C@@H]2CCN(C(=O)OC(C)(C)C)C2)nn3Cc2ccc(OC)cc2)cc1. The van der Waals surface area contributed by atoms with E-state index in [-0.39, 0.29) is 12.1 Å². The Labute approximate surface area is 244 Å². The van der Waals surface area contributed by atoms with Gasteiger partial charge in [-0.1, -0.05) is 12.1 Å². The Morgan fingerprint density at radius 2 is 1.76 bits per heavy atom. The number of nitrogens with zero attached hydrogens (tertiary/aromatic N) is 4. The van der Waals surface area contributed by atoms with Crippen molar-refractivity contribution in [3.05, 3.63) is 71.9 Å². The highest BCUT2D eigenvalue weighted by molar-refractivity contribution is 6.00. The number of nitrogens with one attached hydrogen (secondary N) is 2. The molecule has 5 rings (SSSR count). The van der Waals surface area contributed by atoms with Crippen LogP contribution in [-0.2, 0) is 16.0 Å². The lowest BCUT2D eigenvalue weighted by molar-refractivity contribution is 0.0293. The second-order valence-corrected chi connectivity index (χ2v) is 11.2. The van der Waals surface area contributed by atoms with Crippen LogP contribution in [0.25, 0.3) is 11.0 Å². The molecular formula is C31H36N6O5. The third-order valence-corrected chi connectivity index (χ3v) is 6.89. The summed E-state index contributed by atoms with van der Waals surface area (Å²) >= 11 is 0. The first-order valence-corrected chi connectivity index (χ1v) is 13.8. The minimum Gasteiger partial charge on any atom is -0.497 e. The molecule has 1 aliphatic heterocycles. The largest absolute Gasteiger partial charge is 0.497 e. The number of amides is 1. The van der Waals surface area contributed by atoms with Gasteiger partial charge in [-0.3, -0.25) is 0 Å². The second kappa shape index (κ2) is 12.0. The number of hydrogen-bond donors (Lipinski definition) is 2. The number of fused-ring (bicyclic) bond motifs is 1. The zero-order valence-corrected chi connectivity index (χ0v) is 24.5. The third-order valence-electron chi connectivity index (χ3n) is 6.89. The van der Waals surface area contributed by atoms with Crippen molar-refractivity contribution in [1.82, 2.24) is 19.7 Å². The summed E-state index contributed by atoms with van der Waals surface area (Å²) in [6, 6.07) is 16.8. The monoisotopic (exact) mass is 572 g/mol. The minimum atomic E-state index is -0.555. The number of hydrogen-bond acceptors (Lipinski definition) is 9. The molecule has 1 saturated heterocycles. The maximum absolute atomic E-state index is 12.7. The molecule has 3 heterocycles. The number of rotatable bonds is 8. The van der Waals surface area contributed by atoms with Crippen molar-refractivity contribution >= 4 is 40.3 Å². The van der Waals surface area contributed by atoms with Gasteiger partial charge in [-0.05, 0) is 75.2 Å². The molecular weight excluding hydrogens is 536 g/mol. The molecule has 2 N–H and O–H groups in total. The number of aromatic nitrogens is 3. The van der Waals surface area contributed by atoms with E-state index >= 15 is 0 Å². The maximum Gasteiger partial charge on any atom is 0.410 e. The van der Waals surface area contributed by atoms with Gasteiger partial charge in [0.05, 0.1) is 37.4 Å². The van der Waals surface area contributed by atoms with Gasteiger partial charge >= 0.3 is 12.1 Å². The van der Waals surface area contributed by atoms with E-state index < -0.39 is 11.6 Å². The molecule has 0 saturated carbocycles. The van der Waals surface area contributed by atoms with Gasteiger partial charge in [-0.25, -0.2) is 19.3 Å². The molecule has 11 heteroatoms. The van der Waals surface area contributed by atoms with E-state index in [2.05, 4.69) is 10.6 Å². The zero-order chi connectivity index (χ0) is 29.9. The van der Waals surface area contributed by atoms with Crippen molar-refractivity contribution in [2.75, 3.05) is 37.9 Å². The number of benzene rings is 2. The second-order valence-electron chi connectivity index (χ2n) is 11.2. The normalized spacial score (nSPS) is 15.0. The van der Waals surface area contributed by atoms with Crippen molar-refractivity contribution in [3.8, 4) is 5.75 Å². The molecule has 0 bridgehead atoms. The van der Waals surface area contributed by atoms with E-state index in [4.69, 9.17) is 24.3 Å². The first-order valence-electron chi connectivity index (χ1n) is 13.8. The van der Waals surface area contributed by atoms with E-state index in [1.54, 1.807) is 30.3 Å². The predicted octanol–water partition coefficient (Wildman–Crippen LogP) is 5.44. The number of esters is 1. The smallest absolute Gasteiger partial charge is 0.410 e. The first kappa shape index (κ1) is 28.7. The number of pyridine rings is 1. The van der Waals surface area contributed by atoms with Gasteiger partial charge < -0.3 is 29.7 Å². The molecule has 1 atom stereocenters. The summed E-state index contributed by atoms with van der Waals surface area (Å²) in [4.78, 5) is 31.0. The molecule has 2 aromatic carbocycles. The van der Waals surface area contributed by atoms with Gasteiger partial charge in [0.25, 0.3) is 0 Å². The molecule has 0 aliphatic carbocycles. The van der Waals surface area contributed by atoms with Gasteiger partial charge in [-0.2, -0.15) is 5.10 Å². The highest BCUT2D eigenvalue weighted by atomic mass is 16.6. The molecule has 0 spiro atoms. The van der Waals surface area contributed by atoms with Gasteiger partial charge in [0.1, 0.15) is 11.4 Å². The van der Waals surface area contributed by atoms with Crippen molar-refractivity contribution in [3.63, 3.8) is 0 Å². The highest BCUT2D eigenvalue weighted by Crippen LogP contribution is 2.33. The lowest BCUT2D eigenvalue weighted by atomic mass is 10.2. The first-order chi connectivity index (χ1) is 20.1. The van der Waals surface area contributed by atoms with E-state index in [1.807, 2.05) is 67.9 Å². The summed E-state index contributed by atoms with van der Waals surface area (Å²) in [5.41, 5.74) is 3.25. The van der Waals surface area contributed by atoms with E-state index in [9.17, 15) is 9.59 Å². The van der Waals surface area contributed by atoms with Crippen LogP contribution in [-0.4, -0.2) is 70.7 Å². The number of ether oxygens (including phenoxy) is 3. The number of methoxy groups -OCH3 is 2. The Balaban J connectivity index is 1.45. The Morgan fingerprint density at radius 3 is 2.43 bits per heavy atom. The molecule has 0 unspecified atom stereocenters. The molecule has 11 nitrogen and oxygen atoms in total. The molecule has 220 valence electrons. The fourth-order valence-corrected chi connectivity index (χ4v) is 4.84. The van der Waals surface area contributed by atoms with Crippen LogP contribution in [0.1, 0.15) is 43.1 Å². The zero-order valence-electron chi connectivity index (χ0n) is 24.5. The van der Waals surface area contributed by atoms with Crippen molar-refractivity contribution in [1.29, 1.82) is 0 Å². The van der Waals surface area contributed by atoms with Crippen LogP contribution in [0.4, 0.5) is 22.0 Å². The number of likely N-dealkylation sites (tertiary alicyclic amines) is 1. The van der Waals surface area contributed by atoms with E-state index in [1.165, 1.54) is 7.11 Å². The summed E-state index contributed by atoms with van der Waals surface area (Å²) in [6.45, 7) is 7.18. The lowest BCUT2D eigenvalue weighted by Gasteiger charge is -2.24. The molecule has 42 heavy (non-hydrogen) atoms. The lowest BCUT2D eigenvalue weighted by Crippen LogP contribution is -2.36. The molecule has 1 aliphatic rings. The van der Waals surface area contributed by atoms with Crippen LogP contribution >= 0.6 is 0 Å². The number of anilines is 3. The summed E-state index contributed by atoms with van der Waals surface area (Å²) < 4.78 is 17.6. The van der Waals surface area contributed by atoms with Crippen molar-refractivity contribution < 1.29 is 23.8 Å². The topological polar surface area (TPSA) is 120 Å². The summed E-state index contributed by atoms with van der Waals surface area (Å²) in [6.07, 6.45) is 2.18. The summed E-state index contributed by atoms with van der Waals surface area (Å²) in [7, 11) is 3.00. The van der Waals surface area contributed by atoms with Gasteiger partial charge in [0, 0.05) is 31.0 Å². The molecule has 2 aromatic heterocycles. The van der Waals surface area contributed by atoms with Crippen molar-refractivity contribution in [2.45, 2.75) is 45.4 Å². The molecule has 1 amide bonds. The van der Waals surface area contributed by atoms with Crippen molar-refractivity contribution in [2.24, 2.45) is 0 Å². The number of carbonyl (C=O) groups is 2. The maximum atomic E-state index is 12.7.